The molecular weight excluding hydrogens is 256 g/mol. The molecule has 1 rings (SSSR count). The quantitative estimate of drug-likeness (QED) is 0.672. The lowest BCUT2D eigenvalue weighted by Crippen LogP contribution is -2.11. The number of hydrogen-bond acceptors (Lipinski definition) is 4. The van der Waals surface area contributed by atoms with Crippen molar-refractivity contribution < 1.29 is 23.0 Å². The van der Waals surface area contributed by atoms with Crippen LogP contribution in [0, 0.1) is 0 Å². The van der Waals surface area contributed by atoms with E-state index in [-0.39, 0.29) is 22.9 Å². The van der Waals surface area contributed by atoms with Crippen LogP contribution >= 0.6 is 11.6 Å². The van der Waals surface area contributed by atoms with Gasteiger partial charge in [0.2, 0.25) is 0 Å². The van der Waals surface area contributed by atoms with Gasteiger partial charge in [-0.05, 0) is 19.1 Å². The highest BCUT2D eigenvalue weighted by atomic mass is 35.5. The number of carbonyl (C=O) groups is 1. The molecule has 0 atom stereocenters. The Balaban J connectivity index is 3.19. The summed E-state index contributed by atoms with van der Waals surface area (Å²) in [6.07, 6.45) is 0. The highest BCUT2D eigenvalue weighted by Gasteiger charge is 2.21. The zero-order valence-electron chi connectivity index (χ0n) is 8.88. The number of hydrogen-bond donors (Lipinski definition) is 1. The van der Waals surface area contributed by atoms with Gasteiger partial charge in [0.1, 0.15) is 10.6 Å². The van der Waals surface area contributed by atoms with Gasteiger partial charge >= 0.3 is 12.6 Å². The van der Waals surface area contributed by atoms with Crippen molar-refractivity contribution in [2.45, 2.75) is 13.5 Å². The minimum atomic E-state index is -3.11. The zero-order chi connectivity index (χ0) is 13.0. The van der Waals surface area contributed by atoms with E-state index in [0.717, 1.165) is 0 Å². The number of benzene rings is 1. The molecule has 0 unspecified atom stereocenters. The summed E-state index contributed by atoms with van der Waals surface area (Å²) in [6.45, 7) is -1.41. The number of ether oxygens (including phenoxy) is 2. The van der Waals surface area contributed by atoms with Crippen LogP contribution in [0.15, 0.2) is 12.1 Å². The first kappa shape index (κ1) is 13.5. The Kier molecular flexibility index (Phi) is 4.51. The first-order chi connectivity index (χ1) is 7.97. The standard InChI is InChI=1S/C10H10ClF2NO3/c1-2-16-9(15)5-3-4-6(14)7(11)8(5)17-10(12)13/h3-4,10H,2,14H2,1H3. The maximum atomic E-state index is 12.2. The van der Waals surface area contributed by atoms with Gasteiger partial charge in [-0.25, -0.2) is 4.79 Å². The van der Waals surface area contributed by atoms with Crippen LogP contribution in [0.3, 0.4) is 0 Å². The molecule has 0 bridgehead atoms. The largest absolute Gasteiger partial charge is 0.462 e. The van der Waals surface area contributed by atoms with E-state index in [1.54, 1.807) is 6.92 Å². The fraction of sp³-hybridized carbons (Fsp3) is 0.300. The third-order valence-corrected chi connectivity index (χ3v) is 2.22. The lowest BCUT2D eigenvalue weighted by Gasteiger charge is -2.12. The van der Waals surface area contributed by atoms with Crippen molar-refractivity contribution in [2.24, 2.45) is 0 Å². The maximum absolute atomic E-state index is 12.2. The van der Waals surface area contributed by atoms with Crippen LogP contribution < -0.4 is 10.5 Å². The summed E-state index contributed by atoms with van der Waals surface area (Å²) in [4.78, 5) is 11.5. The van der Waals surface area contributed by atoms with Crippen LogP contribution in [0.2, 0.25) is 5.02 Å². The molecule has 0 saturated heterocycles. The van der Waals surface area contributed by atoms with E-state index >= 15 is 0 Å². The summed E-state index contributed by atoms with van der Waals surface area (Å²) < 4.78 is 33.2. The van der Waals surface area contributed by atoms with Gasteiger partial charge < -0.3 is 15.2 Å². The van der Waals surface area contributed by atoms with Crippen molar-refractivity contribution in [1.29, 1.82) is 0 Å². The Bertz CT molecular complexity index is 426. The monoisotopic (exact) mass is 265 g/mol. The van der Waals surface area contributed by atoms with E-state index in [1.165, 1.54) is 12.1 Å². The molecule has 0 saturated carbocycles. The molecule has 4 nitrogen and oxygen atoms in total. The molecule has 0 fully saturated rings. The number of rotatable bonds is 4. The Labute approximate surface area is 101 Å². The van der Waals surface area contributed by atoms with Gasteiger partial charge in [0, 0.05) is 0 Å². The smallest absolute Gasteiger partial charge is 0.387 e. The van der Waals surface area contributed by atoms with Crippen LogP contribution in [0.5, 0.6) is 5.75 Å². The van der Waals surface area contributed by atoms with Crippen LogP contribution in [-0.4, -0.2) is 19.2 Å². The van der Waals surface area contributed by atoms with Crippen LogP contribution in [0.25, 0.3) is 0 Å². The first-order valence-electron chi connectivity index (χ1n) is 4.67. The second-order valence-corrected chi connectivity index (χ2v) is 3.32. The molecule has 1 aromatic rings. The topological polar surface area (TPSA) is 61.5 Å². The summed E-state index contributed by atoms with van der Waals surface area (Å²) in [6, 6.07) is 2.53. The third kappa shape index (κ3) is 3.20. The van der Waals surface area contributed by atoms with Crippen molar-refractivity contribution in [1.82, 2.24) is 0 Å². The van der Waals surface area contributed by atoms with Gasteiger partial charge in [0.25, 0.3) is 0 Å². The van der Waals surface area contributed by atoms with Crippen molar-refractivity contribution in [3.05, 3.63) is 22.7 Å². The first-order valence-corrected chi connectivity index (χ1v) is 5.05. The number of nitrogens with two attached hydrogens (primary N) is 1. The molecule has 7 heteroatoms. The summed E-state index contributed by atoms with van der Waals surface area (Å²) in [7, 11) is 0. The molecule has 0 aliphatic heterocycles. The van der Waals surface area contributed by atoms with E-state index in [0.29, 0.717) is 0 Å². The number of nitrogen functional groups attached to an aromatic ring is 1. The van der Waals surface area contributed by atoms with Gasteiger partial charge in [-0.1, -0.05) is 11.6 Å². The van der Waals surface area contributed by atoms with Crippen LogP contribution in [0.1, 0.15) is 17.3 Å². The predicted molar refractivity (Wildman–Crippen MR) is 58.5 cm³/mol. The lowest BCUT2D eigenvalue weighted by molar-refractivity contribution is -0.0503. The van der Waals surface area contributed by atoms with Gasteiger partial charge in [-0.2, -0.15) is 8.78 Å². The molecule has 2 N–H and O–H groups in total. The van der Waals surface area contributed by atoms with Gasteiger partial charge in [0.05, 0.1) is 12.3 Å². The van der Waals surface area contributed by atoms with Crippen LogP contribution in [0.4, 0.5) is 14.5 Å². The van der Waals surface area contributed by atoms with E-state index in [9.17, 15) is 13.6 Å². The van der Waals surface area contributed by atoms with E-state index in [4.69, 9.17) is 17.3 Å². The molecule has 0 aliphatic rings. The Morgan fingerprint density at radius 3 is 2.71 bits per heavy atom. The number of anilines is 1. The molecule has 17 heavy (non-hydrogen) atoms. The predicted octanol–water partition coefficient (Wildman–Crippen LogP) is 2.70. The van der Waals surface area contributed by atoms with E-state index < -0.39 is 18.3 Å². The van der Waals surface area contributed by atoms with Crippen molar-refractivity contribution in [2.75, 3.05) is 12.3 Å². The highest BCUT2D eigenvalue weighted by Crippen LogP contribution is 2.35. The molecule has 0 aromatic heterocycles. The fourth-order valence-electron chi connectivity index (χ4n) is 1.15. The number of carbonyl (C=O) groups excluding carboxylic acids is 1. The third-order valence-electron chi connectivity index (χ3n) is 1.83. The van der Waals surface area contributed by atoms with Gasteiger partial charge in [-0.3, -0.25) is 0 Å². The molecule has 1 aromatic carbocycles. The molecule has 0 spiro atoms. The average Bonchev–Trinajstić information content (AvgIpc) is 2.24. The molecule has 0 heterocycles. The van der Waals surface area contributed by atoms with Crippen LogP contribution in [-0.2, 0) is 4.74 Å². The Hall–Kier alpha value is -1.56. The van der Waals surface area contributed by atoms with E-state index in [2.05, 4.69) is 9.47 Å². The summed E-state index contributed by atoms with van der Waals surface area (Å²) >= 11 is 5.70. The number of halogens is 3. The Morgan fingerprint density at radius 2 is 2.18 bits per heavy atom. The fourth-order valence-corrected chi connectivity index (χ4v) is 1.35. The summed E-state index contributed by atoms with van der Waals surface area (Å²) in [5, 5.41) is -0.240. The minimum Gasteiger partial charge on any atom is -0.462 e. The zero-order valence-corrected chi connectivity index (χ0v) is 9.63. The molecule has 0 radical (unpaired) electrons. The van der Waals surface area contributed by atoms with Crippen molar-refractivity contribution in [3.8, 4) is 5.75 Å². The molecule has 0 aliphatic carbocycles. The molecule has 0 amide bonds. The van der Waals surface area contributed by atoms with Crippen molar-refractivity contribution in [3.63, 3.8) is 0 Å². The number of alkyl halides is 2. The second-order valence-electron chi connectivity index (χ2n) is 2.94. The summed E-state index contributed by atoms with van der Waals surface area (Å²) in [5.74, 6) is -1.27. The second kappa shape index (κ2) is 5.67. The lowest BCUT2D eigenvalue weighted by atomic mass is 10.2. The van der Waals surface area contributed by atoms with Gasteiger partial charge in [-0.15, -0.1) is 0 Å². The number of esters is 1. The minimum absolute atomic E-state index is 0.0374. The van der Waals surface area contributed by atoms with Gasteiger partial charge in [0.15, 0.2) is 5.75 Å². The molecule has 94 valence electrons. The normalized spacial score (nSPS) is 10.4. The van der Waals surface area contributed by atoms with E-state index in [1.807, 2.05) is 0 Å². The van der Waals surface area contributed by atoms with Crippen molar-refractivity contribution >= 4 is 23.3 Å². The SMILES string of the molecule is CCOC(=O)c1ccc(N)c(Cl)c1OC(F)F. The highest BCUT2D eigenvalue weighted by molar-refractivity contribution is 6.35. The Morgan fingerprint density at radius 1 is 1.53 bits per heavy atom. The maximum Gasteiger partial charge on any atom is 0.387 e. The molecular formula is C10H10ClF2NO3. The average molecular weight is 266 g/mol. The summed E-state index contributed by atoms with van der Waals surface area (Å²) in [5.41, 5.74) is 5.28.